The van der Waals surface area contributed by atoms with Crippen LogP contribution in [0.2, 0.25) is 0 Å². The van der Waals surface area contributed by atoms with E-state index in [-0.39, 0.29) is 11.7 Å². The zero-order valence-corrected chi connectivity index (χ0v) is 8.27. The van der Waals surface area contributed by atoms with Gasteiger partial charge in [0.15, 0.2) is 0 Å². The maximum atomic E-state index is 5.76. The molecule has 2 nitrogen and oxygen atoms in total. The third-order valence-corrected chi connectivity index (χ3v) is 3.25. The Morgan fingerprint density at radius 1 is 1.29 bits per heavy atom. The van der Waals surface area contributed by atoms with Gasteiger partial charge in [0.25, 0.3) is 0 Å². The molecule has 0 bridgehead atoms. The first-order chi connectivity index (χ1) is 6.78. The minimum Gasteiger partial charge on any atom is -0.371 e. The van der Waals surface area contributed by atoms with Crippen LogP contribution in [0.15, 0.2) is 30.3 Å². The molecule has 3 atom stereocenters. The van der Waals surface area contributed by atoms with Crippen molar-refractivity contribution >= 4 is 0 Å². The molecule has 0 N–H and O–H groups in total. The molecule has 0 amide bonds. The van der Waals surface area contributed by atoms with E-state index in [1.54, 1.807) is 0 Å². The summed E-state index contributed by atoms with van der Waals surface area (Å²) < 4.78 is 11.4. The second kappa shape index (κ2) is 2.81. The normalized spacial score (nSPS) is 40.4. The van der Waals surface area contributed by atoms with E-state index in [0.717, 1.165) is 13.0 Å². The molecule has 0 saturated carbocycles. The number of hydrogen-bond acceptors (Lipinski definition) is 2. The molecule has 2 aliphatic rings. The molecule has 2 heterocycles. The average Bonchev–Trinajstić information content (AvgIpc) is 2.90. The first-order valence-electron chi connectivity index (χ1n) is 5.12. The smallest absolute Gasteiger partial charge is 0.110 e. The van der Waals surface area contributed by atoms with Crippen LogP contribution in [-0.2, 0) is 9.47 Å². The van der Waals surface area contributed by atoms with Crippen molar-refractivity contribution in [3.8, 4) is 0 Å². The third kappa shape index (κ3) is 1.26. The van der Waals surface area contributed by atoms with Crippen molar-refractivity contribution in [2.24, 2.45) is 0 Å². The lowest BCUT2D eigenvalue weighted by atomic mass is 9.93. The summed E-state index contributed by atoms with van der Waals surface area (Å²) in [7, 11) is 0. The fraction of sp³-hybridized carbons (Fsp3) is 0.500. The van der Waals surface area contributed by atoms with E-state index in [1.165, 1.54) is 5.56 Å². The molecule has 1 aromatic carbocycles. The van der Waals surface area contributed by atoms with Gasteiger partial charge in [-0.3, -0.25) is 0 Å². The molecule has 2 fully saturated rings. The Morgan fingerprint density at radius 3 is 2.79 bits per heavy atom. The SMILES string of the molecule is CC12CC(c3ccccc3)OCC1O2. The summed E-state index contributed by atoms with van der Waals surface area (Å²) in [6.07, 6.45) is 1.56. The standard InChI is InChI=1S/C12H14O2/c1-12-7-10(13-8-11(12)14-12)9-5-3-2-4-6-9/h2-6,10-11H,7-8H2,1H3. The van der Waals surface area contributed by atoms with E-state index >= 15 is 0 Å². The van der Waals surface area contributed by atoms with Gasteiger partial charge in [0, 0.05) is 6.42 Å². The number of benzene rings is 1. The van der Waals surface area contributed by atoms with Crippen molar-refractivity contribution in [1.82, 2.24) is 0 Å². The molecule has 1 aromatic rings. The predicted octanol–water partition coefficient (Wildman–Crippen LogP) is 2.31. The van der Waals surface area contributed by atoms with E-state index in [0.29, 0.717) is 6.10 Å². The van der Waals surface area contributed by atoms with Gasteiger partial charge in [0.1, 0.15) is 6.10 Å². The van der Waals surface area contributed by atoms with Gasteiger partial charge in [-0.2, -0.15) is 0 Å². The number of hydrogen-bond donors (Lipinski definition) is 0. The van der Waals surface area contributed by atoms with Gasteiger partial charge in [-0.15, -0.1) is 0 Å². The van der Waals surface area contributed by atoms with Gasteiger partial charge < -0.3 is 9.47 Å². The summed E-state index contributed by atoms with van der Waals surface area (Å²) in [4.78, 5) is 0. The first-order valence-corrected chi connectivity index (χ1v) is 5.12. The highest BCUT2D eigenvalue weighted by Gasteiger charge is 2.56. The highest BCUT2D eigenvalue weighted by molar-refractivity contribution is 5.20. The van der Waals surface area contributed by atoms with Crippen LogP contribution < -0.4 is 0 Å². The molecule has 0 aromatic heterocycles. The van der Waals surface area contributed by atoms with Crippen molar-refractivity contribution < 1.29 is 9.47 Å². The fourth-order valence-electron chi connectivity index (χ4n) is 2.19. The number of ether oxygens (including phenoxy) is 2. The maximum Gasteiger partial charge on any atom is 0.110 e. The largest absolute Gasteiger partial charge is 0.371 e. The zero-order chi connectivity index (χ0) is 9.60. The zero-order valence-electron chi connectivity index (χ0n) is 8.27. The van der Waals surface area contributed by atoms with Crippen LogP contribution in [0, 0.1) is 0 Å². The minimum absolute atomic E-state index is 0.0960. The number of epoxide rings is 1. The fourth-order valence-corrected chi connectivity index (χ4v) is 2.19. The van der Waals surface area contributed by atoms with Crippen LogP contribution in [0.4, 0.5) is 0 Å². The van der Waals surface area contributed by atoms with E-state index in [2.05, 4.69) is 31.2 Å². The average molecular weight is 190 g/mol. The number of rotatable bonds is 1. The Hall–Kier alpha value is -0.860. The summed E-state index contributed by atoms with van der Waals surface area (Å²) >= 11 is 0. The van der Waals surface area contributed by atoms with Crippen LogP contribution in [0.1, 0.15) is 25.0 Å². The maximum absolute atomic E-state index is 5.76. The second-order valence-corrected chi connectivity index (χ2v) is 4.36. The molecule has 74 valence electrons. The Morgan fingerprint density at radius 2 is 2.07 bits per heavy atom. The van der Waals surface area contributed by atoms with Crippen LogP contribution in [0.25, 0.3) is 0 Å². The highest BCUT2D eigenvalue weighted by Crippen LogP contribution is 2.48. The predicted molar refractivity (Wildman–Crippen MR) is 53.0 cm³/mol. The summed E-state index contributed by atoms with van der Waals surface area (Å²) in [6.45, 7) is 2.92. The van der Waals surface area contributed by atoms with E-state index in [9.17, 15) is 0 Å². The lowest BCUT2D eigenvalue weighted by molar-refractivity contribution is 0.0182. The van der Waals surface area contributed by atoms with E-state index in [4.69, 9.17) is 9.47 Å². The Bertz CT molecular complexity index is 335. The molecule has 2 saturated heterocycles. The first kappa shape index (κ1) is 8.45. The second-order valence-electron chi connectivity index (χ2n) is 4.36. The molecule has 3 rings (SSSR count). The Labute approximate surface area is 83.8 Å². The van der Waals surface area contributed by atoms with Gasteiger partial charge >= 0.3 is 0 Å². The lowest BCUT2D eigenvalue weighted by Crippen LogP contribution is -2.26. The van der Waals surface area contributed by atoms with Gasteiger partial charge in [-0.25, -0.2) is 0 Å². The van der Waals surface area contributed by atoms with Crippen molar-refractivity contribution in [3.05, 3.63) is 35.9 Å². The van der Waals surface area contributed by atoms with Crippen molar-refractivity contribution in [2.45, 2.75) is 31.2 Å². The molecule has 2 aliphatic heterocycles. The van der Waals surface area contributed by atoms with Gasteiger partial charge in [-0.05, 0) is 12.5 Å². The van der Waals surface area contributed by atoms with E-state index in [1.807, 2.05) is 6.07 Å². The lowest BCUT2D eigenvalue weighted by Gasteiger charge is -2.24. The van der Waals surface area contributed by atoms with Crippen molar-refractivity contribution in [1.29, 1.82) is 0 Å². The molecular weight excluding hydrogens is 176 g/mol. The van der Waals surface area contributed by atoms with Gasteiger partial charge in [-0.1, -0.05) is 30.3 Å². The van der Waals surface area contributed by atoms with Crippen LogP contribution >= 0.6 is 0 Å². The van der Waals surface area contributed by atoms with Crippen molar-refractivity contribution in [2.75, 3.05) is 6.61 Å². The topological polar surface area (TPSA) is 21.8 Å². The van der Waals surface area contributed by atoms with Gasteiger partial charge in [0.2, 0.25) is 0 Å². The summed E-state index contributed by atoms with van der Waals surface area (Å²) in [5, 5.41) is 0. The quantitative estimate of drug-likeness (QED) is 0.634. The summed E-state index contributed by atoms with van der Waals surface area (Å²) in [5.74, 6) is 0. The minimum atomic E-state index is 0.0960. The van der Waals surface area contributed by atoms with Crippen molar-refractivity contribution in [3.63, 3.8) is 0 Å². The highest BCUT2D eigenvalue weighted by atomic mass is 16.6. The Balaban J connectivity index is 1.80. The van der Waals surface area contributed by atoms with Crippen LogP contribution in [0.5, 0.6) is 0 Å². The molecule has 2 heteroatoms. The summed E-state index contributed by atoms with van der Waals surface area (Å²) in [5.41, 5.74) is 1.36. The Kier molecular flexibility index (Phi) is 1.70. The molecule has 0 spiro atoms. The van der Waals surface area contributed by atoms with Crippen LogP contribution in [0.3, 0.4) is 0 Å². The molecule has 14 heavy (non-hydrogen) atoms. The molecule has 3 unspecified atom stereocenters. The molecular formula is C12H14O2. The van der Waals surface area contributed by atoms with E-state index < -0.39 is 0 Å². The monoisotopic (exact) mass is 190 g/mol. The molecule has 0 radical (unpaired) electrons. The number of fused-ring (bicyclic) bond motifs is 1. The summed E-state index contributed by atoms with van der Waals surface area (Å²) in [6, 6.07) is 10.4. The third-order valence-electron chi connectivity index (χ3n) is 3.25. The van der Waals surface area contributed by atoms with Gasteiger partial charge in [0.05, 0.1) is 18.3 Å². The molecule has 0 aliphatic carbocycles. The van der Waals surface area contributed by atoms with Crippen LogP contribution in [-0.4, -0.2) is 18.3 Å².